The number of carboxylic acid groups (broad SMARTS) is 1. The van der Waals surface area contributed by atoms with Gasteiger partial charge in [-0.05, 0) is 30.7 Å². The molecule has 41 heavy (non-hydrogen) atoms. The number of halogens is 5. The monoisotopic (exact) mass is 614 g/mol. The van der Waals surface area contributed by atoms with Gasteiger partial charge in [0.1, 0.15) is 29.6 Å². The number of rotatable bonds is 7. The molecule has 1 aliphatic heterocycles. The number of nitrogens with zero attached hydrogens (tertiary/aromatic N) is 6. The van der Waals surface area contributed by atoms with Gasteiger partial charge in [-0.1, -0.05) is 39.7 Å². The number of aromatic nitrogens is 6. The van der Waals surface area contributed by atoms with Crippen molar-refractivity contribution >= 4 is 29.2 Å². The van der Waals surface area contributed by atoms with Gasteiger partial charge in [0.15, 0.2) is 29.4 Å². The second-order valence-electron chi connectivity index (χ2n) is 9.05. The van der Waals surface area contributed by atoms with Crippen LogP contribution >= 0.6 is 23.2 Å². The van der Waals surface area contributed by atoms with Crippen LogP contribution in [0.1, 0.15) is 29.2 Å². The Labute approximate surface area is 238 Å². The second kappa shape index (κ2) is 11.3. The fourth-order valence-electron chi connectivity index (χ4n) is 4.60. The molecule has 5 rings (SSSR count). The molecule has 3 heterocycles. The van der Waals surface area contributed by atoms with Crippen molar-refractivity contribution in [1.82, 2.24) is 30.0 Å². The van der Waals surface area contributed by atoms with E-state index in [1.165, 1.54) is 18.2 Å². The average Bonchev–Trinajstić information content (AvgIpc) is 3.59. The van der Waals surface area contributed by atoms with Crippen LogP contribution in [0.3, 0.4) is 0 Å². The largest absolute Gasteiger partial charge is 0.476 e. The second-order valence-corrected chi connectivity index (χ2v) is 9.87. The molecule has 1 aliphatic rings. The van der Waals surface area contributed by atoms with Crippen molar-refractivity contribution in [1.29, 1.82) is 0 Å². The van der Waals surface area contributed by atoms with Crippen molar-refractivity contribution in [3.63, 3.8) is 0 Å². The van der Waals surface area contributed by atoms with Crippen LogP contribution in [0.15, 0.2) is 36.5 Å². The number of hydrogen-bond acceptors (Lipinski definition) is 9. The molecule has 2 aromatic heterocycles. The number of benzene rings is 2. The van der Waals surface area contributed by atoms with E-state index in [1.807, 2.05) is 0 Å². The van der Waals surface area contributed by atoms with Crippen LogP contribution in [0, 0.1) is 17.5 Å². The Balaban J connectivity index is 1.59. The number of aliphatic hydroxyl groups excluding tert-OH is 3. The Kier molecular flexibility index (Phi) is 8.00. The first-order valence-electron chi connectivity index (χ1n) is 11.8. The molecular formula is C24H19Cl2F3N6O6. The molecule has 4 aromatic rings. The van der Waals surface area contributed by atoms with Gasteiger partial charge in [0.2, 0.25) is 0 Å². The molecule has 0 bridgehead atoms. The van der Waals surface area contributed by atoms with E-state index in [9.17, 15) is 38.4 Å². The topological polar surface area (TPSA) is 169 Å². The lowest BCUT2D eigenvalue weighted by atomic mass is 9.93. The van der Waals surface area contributed by atoms with Gasteiger partial charge < -0.3 is 25.2 Å². The van der Waals surface area contributed by atoms with E-state index in [-0.39, 0.29) is 39.0 Å². The van der Waals surface area contributed by atoms with Gasteiger partial charge in [-0.3, -0.25) is 0 Å². The molecule has 216 valence electrons. The van der Waals surface area contributed by atoms with Crippen molar-refractivity contribution in [2.24, 2.45) is 0 Å². The third kappa shape index (κ3) is 5.27. The van der Waals surface area contributed by atoms with Crippen LogP contribution in [-0.4, -0.2) is 81.3 Å². The zero-order valence-corrected chi connectivity index (χ0v) is 22.0. The molecule has 12 nitrogen and oxygen atoms in total. The summed E-state index contributed by atoms with van der Waals surface area (Å²) in [5.41, 5.74) is -0.702. The minimum Gasteiger partial charge on any atom is -0.476 e. The summed E-state index contributed by atoms with van der Waals surface area (Å²) in [7, 11) is 0. The fourth-order valence-corrected chi connectivity index (χ4v) is 4.90. The molecule has 5 atom stereocenters. The van der Waals surface area contributed by atoms with Crippen molar-refractivity contribution in [3.05, 3.63) is 69.7 Å². The molecule has 0 unspecified atom stereocenters. The number of aromatic carboxylic acids is 1. The molecule has 1 saturated heterocycles. The Morgan fingerprint density at radius 2 is 1.68 bits per heavy atom. The summed E-state index contributed by atoms with van der Waals surface area (Å²) in [6.45, 7) is -0.439. The van der Waals surface area contributed by atoms with Gasteiger partial charge >= 0.3 is 5.97 Å². The Hall–Kier alpha value is -3.60. The van der Waals surface area contributed by atoms with Crippen LogP contribution in [0.2, 0.25) is 10.0 Å². The summed E-state index contributed by atoms with van der Waals surface area (Å²) in [5.74, 6) is -6.04. The van der Waals surface area contributed by atoms with Gasteiger partial charge in [-0.15, -0.1) is 10.2 Å². The number of carboxylic acids is 1. The van der Waals surface area contributed by atoms with Crippen LogP contribution < -0.4 is 0 Å². The highest BCUT2D eigenvalue weighted by Gasteiger charge is 2.48. The predicted molar refractivity (Wildman–Crippen MR) is 134 cm³/mol. The maximum atomic E-state index is 13.8. The van der Waals surface area contributed by atoms with Crippen molar-refractivity contribution in [2.75, 3.05) is 6.61 Å². The Bertz CT molecular complexity index is 1600. The zero-order valence-electron chi connectivity index (χ0n) is 20.4. The van der Waals surface area contributed by atoms with Crippen LogP contribution in [0.4, 0.5) is 13.2 Å². The summed E-state index contributed by atoms with van der Waals surface area (Å²) in [5, 5.41) is 57.4. The van der Waals surface area contributed by atoms with E-state index in [2.05, 4.69) is 20.6 Å². The first kappa shape index (κ1) is 28.9. The van der Waals surface area contributed by atoms with Crippen molar-refractivity contribution in [3.8, 4) is 22.5 Å². The quantitative estimate of drug-likeness (QED) is 0.227. The number of carbonyl (C=O) groups is 1. The van der Waals surface area contributed by atoms with Gasteiger partial charge in [0.05, 0.1) is 22.3 Å². The van der Waals surface area contributed by atoms with E-state index in [4.69, 9.17) is 27.9 Å². The molecular weight excluding hydrogens is 596 g/mol. The number of hydrogen-bond donors (Lipinski definition) is 4. The SMILES string of the molecule is O=C(O)c1nnn([C@@H]2O[C@H](CCO)[C@H](O)[C@H](n3cc(-c4cc(F)c(F)c(F)c4)nn3)[C@H]2O)c1-c1ccc(Cl)c(Cl)c1. The number of aliphatic hydroxyl groups is 3. The van der Waals surface area contributed by atoms with Crippen LogP contribution in [0.5, 0.6) is 0 Å². The summed E-state index contributed by atoms with van der Waals surface area (Å²) in [4.78, 5) is 12.0. The van der Waals surface area contributed by atoms with Crippen molar-refractivity contribution in [2.45, 2.75) is 37.0 Å². The summed E-state index contributed by atoms with van der Waals surface area (Å²) < 4.78 is 48.9. The van der Waals surface area contributed by atoms with E-state index in [1.54, 1.807) is 0 Å². The lowest BCUT2D eigenvalue weighted by Crippen LogP contribution is -2.53. The molecule has 1 fully saturated rings. The van der Waals surface area contributed by atoms with Gasteiger partial charge in [-0.25, -0.2) is 27.3 Å². The van der Waals surface area contributed by atoms with Gasteiger partial charge in [0.25, 0.3) is 0 Å². The van der Waals surface area contributed by atoms with Crippen LogP contribution in [0.25, 0.3) is 22.5 Å². The first-order valence-corrected chi connectivity index (χ1v) is 12.6. The summed E-state index contributed by atoms with van der Waals surface area (Å²) in [6.07, 6.45) is -4.84. The molecule has 17 heteroatoms. The van der Waals surface area contributed by atoms with Crippen LogP contribution in [-0.2, 0) is 4.74 Å². The highest BCUT2D eigenvalue weighted by molar-refractivity contribution is 6.42. The number of ether oxygens (including phenoxy) is 1. The zero-order chi connectivity index (χ0) is 29.6. The van der Waals surface area contributed by atoms with Gasteiger partial charge in [0, 0.05) is 17.7 Å². The predicted octanol–water partition coefficient (Wildman–Crippen LogP) is 2.87. The lowest BCUT2D eigenvalue weighted by molar-refractivity contribution is -0.228. The molecule has 0 saturated carbocycles. The Morgan fingerprint density at radius 1 is 0.976 bits per heavy atom. The molecule has 0 amide bonds. The normalized spacial score (nSPS) is 22.7. The molecule has 4 N–H and O–H groups in total. The third-order valence-electron chi connectivity index (χ3n) is 6.53. The standard InChI is InChI=1S/C24H19Cl2F3N6O6/c25-11-2-1-9(5-12(11)26)19-18(24(39)40)31-33-35(19)23-22(38)20(21(37)16(41-23)3-4-36)34-8-15(30-32-34)10-6-13(27)17(29)14(28)7-10/h1-2,5-8,16,20-23,36-38H,3-4H2,(H,39,40)/t16-,20+,21+,22-,23-/m1/s1. The summed E-state index contributed by atoms with van der Waals surface area (Å²) >= 11 is 12.1. The van der Waals surface area contributed by atoms with Crippen molar-refractivity contribution < 1.29 is 43.1 Å². The maximum Gasteiger partial charge on any atom is 0.358 e. The highest BCUT2D eigenvalue weighted by atomic mass is 35.5. The smallest absolute Gasteiger partial charge is 0.358 e. The minimum atomic E-state index is -1.71. The fraction of sp³-hybridized carbons (Fsp3) is 0.292. The average molecular weight is 615 g/mol. The lowest BCUT2D eigenvalue weighted by Gasteiger charge is -2.42. The first-order chi connectivity index (χ1) is 19.5. The van der Waals surface area contributed by atoms with E-state index in [0.717, 1.165) is 15.6 Å². The molecule has 0 radical (unpaired) electrons. The Morgan fingerprint density at radius 3 is 2.32 bits per heavy atom. The highest BCUT2D eigenvalue weighted by Crippen LogP contribution is 2.39. The molecule has 0 aliphatic carbocycles. The minimum absolute atomic E-state index is 0.0913. The van der Waals surface area contributed by atoms with E-state index < -0.39 is 66.3 Å². The molecule has 2 aromatic carbocycles. The van der Waals surface area contributed by atoms with E-state index in [0.29, 0.717) is 12.1 Å². The maximum absolute atomic E-state index is 13.8. The van der Waals surface area contributed by atoms with E-state index >= 15 is 0 Å². The molecule has 0 spiro atoms. The summed E-state index contributed by atoms with van der Waals surface area (Å²) in [6, 6.07) is 4.27. The third-order valence-corrected chi connectivity index (χ3v) is 7.27. The van der Waals surface area contributed by atoms with Gasteiger partial charge in [-0.2, -0.15) is 0 Å².